The molecule has 0 saturated carbocycles. The molecule has 1 aromatic carbocycles. The number of carbonyl (C=O) groups is 1. The summed E-state index contributed by atoms with van der Waals surface area (Å²) < 4.78 is 16.2. The van der Waals surface area contributed by atoms with Crippen LogP contribution in [0.15, 0.2) is 24.3 Å². The van der Waals surface area contributed by atoms with Crippen molar-refractivity contribution in [3.05, 3.63) is 35.4 Å². The third-order valence-electron chi connectivity index (χ3n) is 2.69. The molecule has 0 amide bonds. The largest absolute Gasteiger partial charge is 1.00 e. The monoisotopic (exact) mass is 246 g/mol. The van der Waals surface area contributed by atoms with E-state index >= 15 is 0 Å². The second-order valence-electron chi connectivity index (χ2n) is 3.92. The van der Waals surface area contributed by atoms with Crippen LogP contribution in [0.25, 0.3) is 0 Å². The van der Waals surface area contributed by atoms with E-state index in [0.29, 0.717) is 12.8 Å². The summed E-state index contributed by atoms with van der Waals surface area (Å²) in [6, 6.07) is 7.70. The van der Waals surface area contributed by atoms with Gasteiger partial charge in [-0.25, -0.2) is 0 Å². The van der Waals surface area contributed by atoms with Crippen LogP contribution in [0.1, 0.15) is 18.1 Å². The quantitative estimate of drug-likeness (QED) is 0.469. The number of hydrogen-bond donors (Lipinski definition) is 0. The van der Waals surface area contributed by atoms with Crippen molar-refractivity contribution in [3.8, 4) is 0 Å². The smallest absolute Gasteiger partial charge is 0.773 e. The Morgan fingerprint density at radius 2 is 1.82 bits per heavy atom. The normalized spacial score (nSPS) is 18.0. The number of rotatable bonds is 3. The van der Waals surface area contributed by atoms with Gasteiger partial charge in [0.25, 0.3) is 0 Å². The molecule has 1 atom stereocenters. The summed E-state index contributed by atoms with van der Waals surface area (Å²) in [6.07, 6.45) is 0.676. The summed E-state index contributed by atoms with van der Waals surface area (Å²) in [5, 5.41) is 0. The van der Waals surface area contributed by atoms with Crippen molar-refractivity contribution in [1.29, 1.82) is 0 Å². The molecule has 0 fully saturated rings. The zero-order valence-corrected chi connectivity index (χ0v) is 10.8. The first-order valence-corrected chi connectivity index (χ1v) is 6.60. The van der Waals surface area contributed by atoms with E-state index in [1.54, 1.807) is 0 Å². The summed E-state index contributed by atoms with van der Waals surface area (Å²) in [4.78, 5) is 22.1. The Labute approximate surface area is 112 Å². The van der Waals surface area contributed by atoms with Crippen LogP contribution in [0.5, 0.6) is 0 Å². The summed E-state index contributed by atoms with van der Waals surface area (Å²) >= 11 is 0. The minimum absolute atomic E-state index is 0. The van der Waals surface area contributed by atoms with E-state index in [4.69, 9.17) is 4.52 Å². The van der Waals surface area contributed by atoms with Crippen molar-refractivity contribution in [3.63, 3.8) is 0 Å². The molecule has 86 valence electrons. The average Bonchev–Trinajstić information content (AvgIpc) is 2.58. The van der Waals surface area contributed by atoms with E-state index in [0.717, 1.165) is 18.1 Å². The molecular weight excluding hydrogens is 234 g/mol. The van der Waals surface area contributed by atoms with Crippen molar-refractivity contribution in [2.24, 2.45) is 0 Å². The molecule has 2 rings (SSSR count). The van der Waals surface area contributed by atoms with Crippen LogP contribution in [0.2, 0.25) is 0 Å². The van der Waals surface area contributed by atoms with Gasteiger partial charge in [-0.1, -0.05) is 24.3 Å². The van der Waals surface area contributed by atoms with E-state index in [1.807, 2.05) is 24.3 Å². The third-order valence-corrected chi connectivity index (χ3v) is 4.03. The Hall–Kier alpha value is -0.363. The van der Waals surface area contributed by atoms with Gasteiger partial charge in [-0.3, -0.25) is 4.79 Å². The molecule has 0 N–H and O–H groups in total. The average molecular weight is 246 g/mol. The Morgan fingerprint density at radius 3 is 2.24 bits per heavy atom. The molecule has 1 aliphatic carbocycles. The third kappa shape index (κ3) is 3.31. The molecule has 0 bridgehead atoms. The fourth-order valence-corrected chi connectivity index (χ4v) is 2.55. The van der Waals surface area contributed by atoms with Gasteiger partial charge in [0.2, 0.25) is 13.1 Å². The molecule has 0 radical (unpaired) electrons. The zero-order valence-electron chi connectivity index (χ0n) is 9.88. The van der Waals surface area contributed by atoms with Crippen LogP contribution < -0.4 is 23.8 Å². The summed E-state index contributed by atoms with van der Waals surface area (Å²) in [5.74, 6) is 0. The number of benzene rings is 1. The van der Waals surface area contributed by atoms with E-state index in [2.05, 4.69) is 0 Å². The first-order valence-electron chi connectivity index (χ1n) is 5.06. The second-order valence-corrected chi connectivity index (χ2v) is 5.76. The van der Waals surface area contributed by atoms with Gasteiger partial charge in [0.15, 0.2) is 0 Å². The Balaban J connectivity index is 0.00000144. The maximum absolute atomic E-state index is 11.3. The molecule has 6 heteroatoms. The van der Waals surface area contributed by atoms with Crippen molar-refractivity contribution >= 4 is 13.1 Å². The topological polar surface area (TPSA) is 66.4 Å². The van der Waals surface area contributed by atoms with Gasteiger partial charge < -0.3 is 14.0 Å². The minimum Gasteiger partial charge on any atom is -0.773 e. The minimum atomic E-state index is -4.33. The Morgan fingerprint density at radius 1 is 1.35 bits per heavy atom. The molecule has 4 nitrogen and oxygen atoms in total. The van der Waals surface area contributed by atoms with Crippen LogP contribution in [-0.4, -0.2) is 11.6 Å². The van der Waals surface area contributed by atoms with Crippen molar-refractivity contribution < 1.29 is 37.6 Å². The molecule has 0 spiro atoms. The van der Waals surface area contributed by atoms with Crippen LogP contribution in [0.4, 0.5) is 0 Å². The van der Waals surface area contributed by atoms with Gasteiger partial charge in [-0.15, -0.1) is 0 Å². The number of hydrogen-bond acceptors (Lipinski definition) is 4. The van der Waals surface area contributed by atoms with Crippen molar-refractivity contribution in [2.45, 2.75) is 25.9 Å². The standard InChI is InChI=1S/C11H13O4P.Li/c1-8(12)16(13,14)15-11-6-9-4-2-3-5-10(9)7-11;/h2-5,11H,6-7H2,1H3,(H,13,14);/q;+1/p-1. The van der Waals surface area contributed by atoms with Gasteiger partial charge in [0, 0.05) is 6.92 Å². The van der Waals surface area contributed by atoms with Crippen molar-refractivity contribution in [1.82, 2.24) is 0 Å². The molecule has 1 aromatic rings. The van der Waals surface area contributed by atoms with E-state index in [-0.39, 0.29) is 18.9 Å². The van der Waals surface area contributed by atoms with Gasteiger partial charge >= 0.3 is 18.9 Å². The maximum atomic E-state index is 11.3. The van der Waals surface area contributed by atoms with Crippen LogP contribution in [-0.2, 0) is 26.7 Å². The molecule has 0 saturated heterocycles. The summed E-state index contributed by atoms with van der Waals surface area (Å²) in [5.41, 5.74) is 1.27. The molecule has 0 aliphatic heterocycles. The van der Waals surface area contributed by atoms with E-state index < -0.39 is 19.2 Å². The number of carbonyl (C=O) groups excluding carboxylic acids is 1. The maximum Gasteiger partial charge on any atom is 1.00 e. The molecule has 0 heterocycles. The summed E-state index contributed by atoms with van der Waals surface area (Å²) in [6.45, 7) is 1.01. The first kappa shape index (κ1) is 14.7. The predicted molar refractivity (Wildman–Crippen MR) is 57.0 cm³/mol. The molecule has 17 heavy (non-hydrogen) atoms. The number of fused-ring (bicyclic) bond motifs is 1. The van der Waals surface area contributed by atoms with Crippen LogP contribution in [0, 0.1) is 0 Å². The van der Waals surface area contributed by atoms with Gasteiger partial charge in [-0.2, -0.15) is 0 Å². The second kappa shape index (κ2) is 5.52. The Bertz CT molecular complexity index is 449. The zero-order chi connectivity index (χ0) is 11.8. The SMILES string of the molecule is CC(=O)P(=O)([O-])OC1Cc2ccccc2C1.[Li+]. The predicted octanol–water partition coefficient (Wildman–Crippen LogP) is -1.73. The van der Waals surface area contributed by atoms with E-state index in [9.17, 15) is 14.3 Å². The van der Waals surface area contributed by atoms with Crippen molar-refractivity contribution in [2.75, 3.05) is 0 Å². The fourth-order valence-electron chi connectivity index (χ4n) is 1.86. The fraction of sp³-hybridized carbons (Fsp3) is 0.364. The molecule has 1 aliphatic rings. The van der Waals surface area contributed by atoms with E-state index in [1.165, 1.54) is 0 Å². The van der Waals surface area contributed by atoms with Gasteiger partial charge in [0.1, 0.15) is 0 Å². The molecule has 0 aromatic heterocycles. The van der Waals surface area contributed by atoms with Gasteiger partial charge in [0.05, 0.1) is 6.10 Å². The van der Waals surface area contributed by atoms with Crippen LogP contribution in [0.3, 0.4) is 0 Å². The molecule has 1 unspecified atom stereocenters. The summed E-state index contributed by atoms with van der Waals surface area (Å²) in [7, 11) is -4.33. The Kier molecular flexibility index (Phi) is 4.77. The van der Waals surface area contributed by atoms with Crippen LogP contribution >= 0.6 is 7.60 Å². The van der Waals surface area contributed by atoms with Gasteiger partial charge in [-0.05, 0) is 24.0 Å². The molecular formula is C11H12LiO4P. The first-order chi connectivity index (χ1) is 7.49.